The van der Waals surface area contributed by atoms with Crippen LogP contribution in [-0.2, 0) is 4.79 Å². The fraction of sp³-hybridized carbons (Fsp3) is 0.889. The Hall–Kier alpha value is -0.410. The van der Waals surface area contributed by atoms with Crippen molar-refractivity contribution in [3.63, 3.8) is 0 Å². The Morgan fingerprint density at radius 3 is 2.42 bits per heavy atom. The molecule has 0 aliphatic carbocycles. The summed E-state index contributed by atoms with van der Waals surface area (Å²) in [6.07, 6.45) is 1.92. The number of likely N-dealkylation sites (tertiary alicyclic amines) is 1. The van der Waals surface area contributed by atoms with Gasteiger partial charge in [-0.05, 0) is 33.0 Å². The van der Waals surface area contributed by atoms with Gasteiger partial charge in [-0.2, -0.15) is 0 Å². The number of nitrogens with zero attached hydrogens (tertiary/aromatic N) is 1. The van der Waals surface area contributed by atoms with Crippen molar-refractivity contribution in [1.82, 2.24) is 4.90 Å². The number of ketones is 1. The Morgan fingerprint density at radius 2 is 2.00 bits per heavy atom. The predicted octanol–water partition coefficient (Wildman–Crippen LogP) is 0.246. The highest BCUT2D eigenvalue weighted by Gasteiger charge is 2.34. The number of rotatable bonds is 2. The fourth-order valence-electron chi connectivity index (χ4n) is 1.64. The second-order valence-electron chi connectivity index (χ2n) is 3.99. The first-order valence-electron chi connectivity index (χ1n) is 4.50. The molecule has 0 atom stereocenters. The van der Waals surface area contributed by atoms with Gasteiger partial charge in [-0.1, -0.05) is 6.92 Å². The lowest BCUT2D eigenvalue weighted by atomic mass is 9.77. The lowest BCUT2D eigenvalue weighted by molar-refractivity contribution is -0.128. The molecule has 0 spiro atoms. The van der Waals surface area contributed by atoms with E-state index in [1.807, 2.05) is 6.92 Å². The van der Waals surface area contributed by atoms with E-state index < -0.39 is 0 Å². The van der Waals surface area contributed by atoms with Crippen LogP contribution in [0, 0.1) is 5.41 Å². The van der Waals surface area contributed by atoms with Crippen molar-refractivity contribution in [3.8, 4) is 0 Å². The van der Waals surface area contributed by atoms with E-state index in [1.54, 1.807) is 0 Å². The Bertz CT molecular complexity index is 171. The van der Waals surface area contributed by atoms with E-state index in [9.17, 15) is 4.79 Å². The van der Waals surface area contributed by atoms with Gasteiger partial charge in [0, 0.05) is 5.41 Å². The molecule has 12 heavy (non-hydrogen) atoms. The van der Waals surface area contributed by atoms with E-state index in [4.69, 9.17) is 5.73 Å². The molecule has 0 aromatic heterocycles. The number of piperidine rings is 1. The lowest BCUT2D eigenvalue weighted by Gasteiger charge is -2.36. The first-order valence-corrected chi connectivity index (χ1v) is 4.50. The molecule has 70 valence electrons. The molecule has 0 saturated carbocycles. The molecule has 1 saturated heterocycles. The van der Waals surface area contributed by atoms with E-state index >= 15 is 0 Å². The molecule has 2 N–H and O–H groups in total. The first kappa shape index (κ1) is 9.68. The molecule has 1 aliphatic rings. The van der Waals surface area contributed by atoms with Crippen LogP contribution < -0.4 is 5.73 Å². The smallest absolute Gasteiger partial charge is 0.152 e. The number of carbonyl (C=O) groups is 1. The molecule has 3 heteroatoms. The maximum Gasteiger partial charge on any atom is 0.152 e. The van der Waals surface area contributed by atoms with Crippen LogP contribution in [0.1, 0.15) is 19.8 Å². The molecule has 0 aromatic rings. The Labute approximate surface area is 73.9 Å². The zero-order valence-corrected chi connectivity index (χ0v) is 7.97. The second kappa shape index (κ2) is 3.54. The highest BCUT2D eigenvalue weighted by Crippen LogP contribution is 2.30. The standard InChI is InChI=1S/C9H18N2O/c1-9(8(12)7-10)3-5-11(2)6-4-9/h3-7,10H2,1-2H3. The monoisotopic (exact) mass is 170 g/mol. The van der Waals surface area contributed by atoms with Crippen LogP contribution in [0.2, 0.25) is 0 Å². The minimum Gasteiger partial charge on any atom is -0.324 e. The van der Waals surface area contributed by atoms with Crippen LogP contribution in [0.15, 0.2) is 0 Å². The summed E-state index contributed by atoms with van der Waals surface area (Å²) in [5.41, 5.74) is 5.22. The fourth-order valence-corrected chi connectivity index (χ4v) is 1.64. The summed E-state index contributed by atoms with van der Waals surface area (Å²) in [5, 5.41) is 0. The van der Waals surface area contributed by atoms with Gasteiger partial charge in [0.15, 0.2) is 5.78 Å². The van der Waals surface area contributed by atoms with Crippen molar-refractivity contribution in [1.29, 1.82) is 0 Å². The van der Waals surface area contributed by atoms with Crippen LogP contribution in [0.4, 0.5) is 0 Å². The molecular formula is C9H18N2O. The van der Waals surface area contributed by atoms with Crippen molar-refractivity contribution < 1.29 is 4.79 Å². The van der Waals surface area contributed by atoms with Crippen LogP contribution in [-0.4, -0.2) is 37.4 Å². The predicted molar refractivity (Wildman–Crippen MR) is 48.9 cm³/mol. The van der Waals surface area contributed by atoms with Crippen molar-refractivity contribution in [2.45, 2.75) is 19.8 Å². The molecule has 1 heterocycles. The average molecular weight is 170 g/mol. The Morgan fingerprint density at radius 1 is 1.50 bits per heavy atom. The van der Waals surface area contributed by atoms with Gasteiger partial charge in [-0.25, -0.2) is 0 Å². The largest absolute Gasteiger partial charge is 0.324 e. The number of Topliss-reactive ketones (excluding diaryl/α,β-unsaturated/α-hetero) is 1. The number of hydrogen-bond acceptors (Lipinski definition) is 3. The molecule has 0 aromatic carbocycles. The zero-order chi connectivity index (χ0) is 9.19. The maximum atomic E-state index is 11.5. The van der Waals surface area contributed by atoms with E-state index in [0.29, 0.717) is 0 Å². The van der Waals surface area contributed by atoms with Crippen LogP contribution in [0.25, 0.3) is 0 Å². The third kappa shape index (κ3) is 1.84. The van der Waals surface area contributed by atoms with Crippen LogP contribution in [0.3, 0.4) is 0 Å². The summed E-state index contributed by atoms with van der Waals surface area (Å²) >= 11 is 0. The van der Waals surface area contributed by atoms with E-state index in [2.05, 4.69) is 11.9 Å². The minimum absolute atomic E-state index is 0.138. The Balaban J connectivity index is 2.55. The summed E-state index contributed by atoms with van der Waals surface area (Å²) in [6, 6.07) is 0. The lowest BCUT2D eigenvalue weighted by Crippen LogP contribution is -2.43. The van der Waals surface area contributed by atoms with Gasteiger partial charge in [0.25, 0.3) is 0 Å². The average Bonchev–Trinajstić information content (AvgIpc) is 2.09. The summed E-state index contributed by atoms with van der Waals surface area (Å²) < 4.78 is 0. The minimum atomic E-state index is -0.138. The van der Waals surface area contributed by atoms with E-state index in [-0.39, 0.29) is 17.7 Å². The topological polar surface area (TPSA) is 46.3 Å². The SMILES string of the molecule is CN1CCC(C)(C(=O)CN)CC1. The molecule has 0 bridgehead atoms. The van der Waals surface area contributed by atoms with Gasteiger partial charge in [-0.15, -0.1) is 0 Å². The van der Waals surface area contributed by atoms with Gasteiger partial charge >= 0.3 is 0 Å². The van der Waals surface area contributed by atoms with Crippen LogP contribution >= 0.6 is 0 Å². The highest BCUT2D eigenvalue weighted by molar-refractivity contribution is 5.86. The van der Waals surface area contributed by atoms with Gasteiger partial charge in [-0.3, -0.25) is 4.79 Å². The van der Waals surface area contributed by atoms with Gasteiger partial charge in [0.2, 0.25) is 0 Å². The summed E-state index contributed by atoms with van der Waals surface area (Å²) in [4.78, 5) is 13.7. The highest BCUT2D eigenvalue weighted by atomic mass is 16.1. The van der Waals surface area contributed by atoms with Crippen molar-refractivity contribution in [2.24, 2.45) is 11.1 Å². The molecule has 1 aliphatic heterocycles. The molecule has 0 unspecified atom stereocenters. The number of nitrogens with two attached hydrogens (primary N) is 1. The third-order valence-electron chi connectivity index (χ3n) is 2.95. The normalized spacial score (nSPS) is 23.9. The van der Waals surface area contributed by atoms with E-state index in [0.717, 1.165) is 25.9 Å². The van der Waals surface area contributed by atoms with Crippen molar-refractivity contribution in [3.05, 3.63) is 0 Å². The van der Waals surface area contributed by atoms with Gasteiger partial charge in [0.1, 0.15) is 0 Å². The second-order valence-corrected chi connectivity index (χ2v) is 3.99. The number of hydrogen-bond donors (Lipinski definition) is 1. The molecular weight excluding hydrogens is 152 g/mol. The quantitative estimate of drug-likeness (QED) is 0.646. The van der Waals surface area contributed by atoms with E-state index in [1.165, 1.54) is 0 Å². The summed E-state index contributed by atoms with van der Waals surface area (Å²) in [5.74, 6) is 0.218. The molecule has 1 rings (SSSR count). The maximum absolute atomic E-state index is 11.5. The zero-order valence-electron chi connectivity index (χ0n) is 7.97. The van der Waals surface area contributed by atoms with Gasteiger partial charge in [0.05, 0.1) is 6.54 Å². The number of carbonyl (C=O) groups excluding carboxylic acids is 1. The summed E-state index contributed by atoms with van der Waals surface area (Å²) in [7, 11) is 2.09. The van der Waals surface area contributed by atoms with Crippen molar-refractivity contribution in [2.75, 3.05) is 26.7 Å². The Kier molecular flexibility index (Phi) is 2.85. The summed E-state index contributed by atoms with van der Waals surface area (Å²) in [6.45, 7) is 4.26. The van der Waals surface area contributed by atoms with Gasteiger partial charge < -0.3 is 10.6 Å². The van der Waals surface area contributed by atoms with Crippen molar-refractivity contribution >= 4 is 5.78 Å². The molecule has 0 radical (unpaired) electrons. The molecule has 0 amide bonds. The molecule has 1 fully saturated rings. The molecule has 3 nitrogen and oxygen atoms in total. The third-order valence-corrected chi connectivity index (χ3v) is 2.95. The first-order chi connectivity index (χ1) is 5.58. The van der Waals surface area contributed by atoms with Crippen LogP contribution in [0.5, 0.6) is 0 Å².